The second-order valence-corrected chi connectivity index (χ2v) is 8.61. The molecule has 0 aliphatic carbocycles. The summed E-state index contributed by atoms with van der Waals surface area (Å²) >= 11 is 0. The standard InChI is InChI=1S/C21H22N2O2S/c1-15-10-11-21(18-8-4-3-7-17(15)18)26(24,25)22-20-9-5-6-16-12-13-23(2)14-19(16)20/h3-11,22H,12-14H2,1-2H3. The Labute approximate surface area is 154 Å². The number of likely N-dealkylation sites (N-methyl/N-ethyl adjacent to an activating group) is 1. The average molecular weight is 366 g/mol. The molecule has 0 aromatic heterocycles. The highest BCUT2D eigenvalue weighted by atomic mass is 32.2. The minimum atomic E-state index is -3.68. The molecule has 0 amide bonds. The molecule has 0 saturated carbocycles. The van der Waals surface area contributed by atoms with Crippen LogP contribution in [0, 0.1) is 6.92 Å². The molecule has 1 aliphatic rings. The lowest BCUT2D eigenvalue weighted by molar-refractivity contribution is 0.313. The van der Waals surface area contributed by atoms with E-state index in [4.69, 9.17) is 0 Å². The monoisotopic (exact) mass is 366 g/mol. The number of benzene rings is 3. The molecule has 3 aromatic carbocycles. The van der Waals surface area contributed by atoms with Gasteiger partial charge in [-0.05, 0) is 54.6 Å². The van der Waals surface area contributed by atoms with Crippen LogP contribution >= 0.6 is 0 Å². The van der Waals surface area contributed by atoms with Crippen molar-refractivity contribution in [2.24, 2.45) is 0 Å². The van der Waals surface area contributed by atoms with Crippen molar-refractivity contribution in [2.45, 2.75) is 24.8 Å². The highest BCUT2D eigenvalue weighted by molar-refractivity contribution is 7.93. The van der Waals surface area contributed by atoms with Crippen LogP contribution in [0.5, 0.6) is 0 Å². The molecular weight excluding hydrogens is 344 g/mol. The number of aryl methyl sites for hydroxylation is 1. The maximum absolute atomic E-state index is 13.2. The molecule has 0 atom stereocenters. The largest absolute Gasteiger partial charge is 0.302 e. The Morgan fingerprint density at radius 3 is 2.54 bits per heavy atom. The lowest BCUT2D eigenvalue weighted by atomic mass is 9.99. The third-order valence-electron chi connectivity index (χ3n) is 5.10. The van der Waals surface area contributed by atoms with Crippen molar-refractivity contribution in [3.05, 3.63) is 71.3 Å². The van der Waals surface area contributed by atoms with Gasteiger partial charge in [0.2, 0.25) is 0 Å². The van der Waals surface area contributed by atoms with Gasteiger partial charge in [0, 0.05) is 18.5 Å². The molecule has 0 spiro atoms. The van der Waals surface area contributed by atoms with Gasteiger partial charge in [-0.1, -0.05) is 42.5 Å². The summed E-state index contributed by atoms with van der Waals surface area (Å²) in [6.07, 6.45) is 0.939. The number of hydrogen-bond donors (Lipinski definition) is 1. The summed E-state index contributed by atoms with van der Waals surface area (Å²) in [5.74, 6) is 0. The van der Waals surface area contributed by atoms with E-state index in [0.717, 1.165) is 41.4 Å². The number of nitrogens with zero attached hydrogens (tertiary/aromatic N) is 1. The zero-order valence-corrected chi connectivity index (χ0v) is 15.8. The van der Waals surface area contributed by atoms with Crippen molar-refractivity contribution >= 4 is 26.5 Å². The summed E-state index contributed by atoms with van der Waals surface area (Å²) in [5.41, 5.74) is 4.04. The highest BCUT2D eigenvalue weighted by Gasteiger charge is 2.22. The Bertz CT molecular complexity index is 1090. The van der Waals surface area contributed by atoms with Crippen molar-refractivity contribution in [3.63, 3.8) is 0 Å². The van der Waals surface area contributed by atoms with Gasteiger partial charge >= 0.3 is 0 Å². The van der Waals surface area contributed by atoms with E-state index in [9.17, 15) is 8.42 Å². The van der Waals surface area contributed by atoms with Gasteiger partial charge in [0.25, 0.3) is 10.0 Å². The van der Waals surface area contributed by atoms with E-state index in [0.29, 0.717) is 10.6 Å². The van der Waals surface area contributed by atoms with E-state index in [2.05, 4.69) is 22.7 Å². The Morgan fingerprint density at radius 2 is 1.73 bits per heavy atom. The first-order valence-corrected chi connectivity index (χ1v) is 10.2. The fourth-order valence-corrected chi connectivity index (χ4v) is 4.97. The van der Waals surface area contributed by atoms with Crippen molar-refractivity contribution in [1.82, 2.24) is 4.90 Å². The lowest BCUT2D eigenvalue weighted by Crippen LogP contribution is -2.28. The van der Waals surface area contributed by atoms with Crippen LogP contribution in [0.4, 0.5) is 5.69 Å². The van der Waals surface area contributed by atoms with Gasteiger partial charge in [0.15, 0.2) is 0 Å². The highest BCUT2D eigenvalue weighted by Crippen LogP contribution is 2.30. The molecular formula is C21H22N2O2S. The third kappa shape index (κ3) is 2.97. The number of anilines is 1. The molecule has 5 heteroatoms. The molecule has 1 aliphatic heterocycles. The molecule has 0 saturated heterocycles. The van der Waals surface area contributed by atoms with Gasteiger partial charge < -0.3 is 4.90 Å². The summed E-state index contributed by atoms with van der Waals surface area (Å²) in [5, 5.41) is 1.71. The van der Waals surface area contributed by atoms with Gasteiger partial charge in [0.05, 0.1) is 10.6 Å². The number of hydrogen-bond acceptors (Lipinski definition) is 3. The summed E-state index contributed by atoms with van der Waals surface area (Å²) < 4.78 is 29.2. The minimum Gasteiger partial charge on any atom is -0.302 e. The Balaban J connectivity index is 1.80. The average Bonchev–Trinajstić information content (AvgIpc) is 2.62. The molecule has 26 heavy (non-hydrogen) atoms. The van der Waals surface area contributed by atoms with Gasteiger partial charge in [-0.2, -0.15) is 0 Å². The lowest BCUT2D eigenvalue weighted by Gasteiger charge is -2.27. The zero-order chi connectivity index (χ0) is 18.3. The summed E-state index contributed by atoms with van der Waals surface area (Å²) in [6.45, 7) is 3.74. The molecule has 1 N–H and O–H groups in total. The Morgan fingerprint density at radius 1 is 0.962 bits per heavy atom. The smallest absolute Gasteiger partial charge is 0.262 e. The quantitative estimate of drug-likeness (QED) is 0.764. The Hall–Kier alpha value is -2.37. The van der Waals surface area contributed by atoms with Crippen molar-refractivity contribution in [3.8, 4) is 0 Å². The van der Waals surface area contributed by atoms with Crippen LogP contribution in [-0.4, -0.2) is 26.9 Å². The fourth-order valence-electron chi connectivity index (χ4n) is 3.67. The maximum atomic E-state index is 13.2. The molecule has 0 unspecified atom stereocenters. The van der Waals surface area contributed by atoms with Gasteiger partial charge in [0.1, 0.15) is 0 Å². The second kappa shape index (κ2) is 6.41. The van der Waals surface area contributed by atoms with E-state index in [1.54, 1.807) is 6.07 Å². The molecule has 3 aromatic rings. The summed E-state index contributed by atoms with van der Waals surface area (Å²) in [7, 11) is -1.62. The Kier molecular flexibility index (Phi) is 4.21. The third-order valence-corrected chi connectivity index (χ3v) is 6.52. The van der Waals surface area contributed by atoms with Crippen molar-refractivity contribution in [2.75, 3.05) is 18.3 Å². The molecule has 1 heterocycles. The SMILES string of the molecule is Cc1ccc(S(=O)(=O)Nc2cccc3c2CN(C)CC3)c2ccccc12. The van der Waals surface area contributed by atoms with Gasteiger partial charge in [-0.25, -0.2) is 8.42 Å². The van der Waals surface area contributed by atoms with E-state index in [1.165, 1.54) is 5.56 Å². The van der Waals surface area contributed by atoms with Crippen LogP contribution in [0.3, 0.4) is 0 Å². The number of nitrogens with one attached hydrogen (secondary N) is 1. The van der Waals surface area contributed by atoms with Gasteiger partial charge in [-0.3, -0.25) is 4.72 Å². The van der Waals surface area contributed by atoms with Crippen LogP contribution in [0.25, 0.3) is 10.8 Å². The van der Waals surface area contributed by atoms with Crippen LogP contribution in [0.15, 0.2) is 59.5 Å². The normalized spacial score (nSPS) is 15.0. The van der Waals surface area contributed by atoms with E-state index in [-0.39, 0.29) is 0 Å². The van der Waals surface area contributed by atoms with E-state index in [1.807, 2.05) is 49.4 Å². The summed E-state index contributed by atoms with van der Waals surface area (Å²) in [6, 6.07) is 17.1. The first-order chi connectivity index (χ1) is 12.5. The summed E-state index contributed by atoms with van der Waals surface area (Å²) in [4.78, 5) is 2.53. The fraction of sp³-hybridized carbons (Fsp3) is 0.238. The molecule has 0 radical (unpaired) electrons. The first-order valence-electron chi connectivity index (χ1n) is 8.76. The minimum absolute atomic E-state index is 0.320. The topological polar surface area (TPSA) is 49.4 Å². The number of fused-ring (bicyclic) bond motifs is 2. The van der Waals surface area contributed by atoms with Crippen molar-refractivity contribution in [1.29, 1.82) is 0 Å². The van der Waals surface area contributed by atoms with Crippen LogP contribution in [0.2, 0.25) is 0 Å². The van der Waals surface area contributed by atoms with Crippen LogP contribution in [0.1, 0.15) is 16.7 Å². The molecule has 0 fully saturated rings. The number of sulfonamides is 1. The van der Waals surface area contributed by atoms with Gasteiger partial charge in [-0.15, -0.1) is 0 Å². The second-order valence-electron chi connectivity index (χ2n) is 6.96. The van der Waals surface area contributed by atoms with Crippen molar-refractivity contribution < 1.29 is 8.42 Å². The number of rotatable bonds is 3. The predicted molar refractivity (Wildman–Crippen MR) is 106 cm³/mol. The zero-order valence-electron chi connectivity index (χ0n) is 15.0. The van der Waals surface area contributed by atoms with Crippen LogP contribution in [-0.2, 0) is 23.0 Å². The first kappa shape index (κ1) is 17.1. The molecule has 134 valence electrons. The predicted octanol–water partition coefficient (Wildman–Crippen LogP) is 3.94. The maximum Gasteiger partial charge on any atom is 0.262 e. The van der Waals surface area contributed by atoms with Crippen LogP contribution < -0.4 is 4.72 Å². The molecule has 4 rings (SSSR count). The molecule has 4 nitrogen and oxygen atoms in total. The van der Waals surface area contributed by atoms with E-state index >= 15 is 0 Å². The molecule has 0 bridgehead atoms. The van der Waals surface area contributed by atoms with E-state index < -0.39 is 10.0 Å².